The standard InChI is InChI=1S/C12H17FN2/c1-9-3-4-11(13)12(7-9)15-6-5-14-8-10(15)2/h3-4,7,10,14H,5-6,8H2,1-2H3. The van der Waals surface area contributed by atoms with Crippen molar-refractivity contribution in [2.45, 2.75) is 19.9 Å². The van der Waals surface area contributed by atoms with Crippen LogP contribution in [0.15, 0.2) is 18.2 Å². The van der Waals surface area contributed by atoms with Crippen molar-refractivity contribution < 1.29 is 4.39 Å². The number of nitrogens with zero attached hydrogens (tertiary/aromatic N) is 1. The van der Waals surface area contributed by atoms with Gasteiger partial charge in [0.2, 0.25) is 0 Å². The third kappa shape index (κ3) is 2.12. The molecular formula is C12H17FN2. The van der Waals surface area contributed by atoms with Crippen molar-refractivity contribution in [1.29, 1.82) is 0 Å². The average molecular weight is 208 g/mol. The number of anilines is 1. The molecule has 1 N–H and O–H groups in total. The van der Waals surface area contributed by atoms with E-state index in [1.54, 1.807) is 6.07 Å². The topological polar surface area (TPSA) is 15.3 Å². The fourth-order valence-corrected chi connectivity index (χ4v) is 2.04. The van der Waals surface area contributed by atoms with Gasteiger partial charge in [-0.2, -0.15) is 0 Å². The van der Waals surface area contributed by atoms with Gasteiger partial charge in [-0.1, -0.05) is 6.07 Å². The van der Waals surface area contributed by atoms with Crippen LogP contribution < -0.4 is 10.2 Å². The van der Waals surface area contributed by atoms with Gasteiger partial charge in [0.05, 0.1) is 5.69 Å². The first-order chi connectivity index (χ1) is 7.18. The Bertz CT molecular complexity index is 351. The van der Waals surface area contributed by atoms with Gasteiger partial charge in [0.1, 0.15) is 5.82 Å². The zero-order valence-electron chi connectivity index (χ0n) is 9.26. The second kappa shape index (κ2) is 4.19. The van der Waals surface area contributed by atoms with Crippen LogP contribution in [0.5, 0.6) is 0 Å². The Kier molecular flexibility index (Phi) is 2.91. The third-order valence-electron chi connectivity index (χ3n) is 2.91. The Morgan fingerprint density at radius 1 is 1.47 bits per heavy atom. The van der Waals surface area contributed by atoms with Crippen LogP contribution in [0.25, 0.3) is 0 Å². The normalized spacial score (nSPS) is 21.8. The molecule has 1 aliphatic rings. The van der Waals surface area contributed by atoms with E-state index >= 15 is 0 Å². The molecule has 3 heteroatoms. The quantitative estimate of drug-likeness (QED) is 0.758. The molecule has 0 bridgehead atoms. The molecule has 1 aromatic rings. The molecule has 2 rings (SSSR count). The summed E-state index contributed by atoms with van der Waals surface area (Å²) in [7, 11) is 0. The fourth-order valence-electron chi connectivity index (χ4n) is 2.04. The number of rotatable bonds is 1. The van der Waals surface area contributed by atoms with Crippen molar-refractivity contribution in [1.82, 2.24) is 5.32 Å². The van der Waals surface area contributed by atoms with E-state index in [0.717, 1.165) is 30.9 Å². The van der Waals surface area contributed by atoms with Crippen LogP contribution >= 0.6 is 0 Å². The Morgan fingerprint density at radius 3 is 3.00 bits per heavy atom. The lowest BCUT2D eigenvalue weighted by Gasteiger charge is -2.36. The first-order valence-electron chi connectivity index (χ1n) is 5.42. The summed E-state index contributed by atoms with van der Waals surface area (Å²) in [5.74, 6) is -0.116. The van der Waals surface area contributed by atoms with Crippen molar-refractivity contribution >= 4 is 5.69 Å². The Balaban J connectivity index is 2.30. The van der Waals surface area contributed by atoms with E-state index in [-0.39, 0.29) is 5.82 Å². The fraction of sp³-hybridized carbons (Fsp3) is 0.500. The maximum Gasteiger partial charge on any atom is 0.146 e. The molecule has 1 unspecified atom stereocenters. The largest absolute Gasteiger partial charge is 0.364 e. The van der Waals surface area contributed by atoms with Crippen LogP contribution in [0.4, 0.5) is 10.1 Å². The number of nitrogens with one attached hydrogen (secondary N) is 1. The van der Waals surface area contributed by atoms with Gasteiger partial charge in [0.25, 0.3) is 0 Å². The molecule has 0 radical (unpaired) electrons. The van der Waals surface area contributed by atoms with E-state index in [1.165, 1.54) is 0 Å². The van der Waals surface area contributed by atoms with Gasteiger partial charge in [-0.15, -0.1) is 0 Å². The van der Waals surface area contributed by atoms with Crippen molar-refractivity contribution in [3.05, 3.63) is 29.6 Å². The number of piperazine rings is 1. The minimum absolute atomic E-state index is 0.116. The zero-order chi connectivity index (χ0) is 10.8. The molecule has 0 aromatic heterocycles. The van der Waals surface area contributed by atoms with Gasteiger partial charge >= 0.3 is 0 Å². The second-order valence-corrected chi connectivity index (χ2v) is 4.20. The summed E-state index contributed by atoms with van der Waals surface area (Å²) in [6.07, 6.45) is 0. The Labute approximate surface area is 90.1 Å². The van der Waals surface area contributed by atoms with Crippen molar-refractivity contribution in [3.8, 4) is 0 Å². The van der Waals surface area contributed by atoms with Crippen LogP contribution in [-0.2, 0) is 0 Å². The van der Waals surface area contributed by atoms with Crippen molar-refractivity contribution in [2.75, 3.05) is 24.5 Å². The molecule has 0 amide bonds. The smallest absolute Gasteiger partial charge is 0.146 e. The highest BCUT2D eigenvalue weighted by molar-refractivity contribution is 5.51. The Hall–Kier alpha value is -1.09. The monoisotopic (exact) mass is 208 g/mol. The lowest BCUT2D eigenvalue weighted by Crippen LogP contribution is -2.50. The zero-order valence-corrected chi connectivity index (χ0v) is 9.26. The maximum absolute atomic E-state index is 13.7. The second-order valence-electron chi connectivity index (χ2n) is 4.20. The predicted octanol–water partition coefficient (Wildman–Crippen LogP) is 1.93. The SMILES string of the molecule is Cc1ccc(F)c(N2CCNCC2C)c1. The number of hydrogen-bond acceptors (Lipinski definition) is 2. The summed E-state index contributed by atoms with van der Waals surface area (Å²) in [6, 6.07) is 5.65. The van der Waals surface area contributed by atoms with Gasteiger partial charge in [0, 0.05) is 25.7 Å². The first-order valence-corrected chi connectivity index (χ1v) is 5.42. The predicted molar refractivity (Wildman–Crippen MR) is 60.8 cm³/mol. The number of halogens is 1. The number of aryl methyl sites for hydroxylation is 1. The summed E-state index contributed by atoms with van der Waals surface area (Å²) < 4.78 is 13.7. The van der Waals surface area contributed by atoms with Gasteiger partial charge in [-0.3, -0.25) is 0 Å². The summed E-state index contributed by atoms with van der Waals surface area (Å²) in [5.41, 5.74) is 1.85. The summed E-state index contributed by atoms with van der Waals surface area (Å²) in [5, 5.41) is 3.30. The molecule has 1 aromatic carbocycles. The maximum atomic E-state index is 13.7. The van der Waals surface area contributed by atoms with E-state index in [9.17, 15) is 4.39 Å². The van der Waals surface area contributed by atoms with Crippen molar-refractivity contribution in [3.63, 3.8) is 0 Å². The number of benzene rings is 1. The van der Waals surface area contributed by atoms with Gasteiger partial charge in [-0.25, -0.2) is 4.39 Å². The van der Waals surface area contributed by atoms with Crippen LogP contribution in [0.1, 0.15) is 12.5 Å². The third-order valence-corrected chi connectivity index (χ3v) is 2.91. The minimum Gasteiger partial charge on any atom is -0.364 e. The van der Waals surface area contributed by atoms with Crippen LogP contribution in [0.3, 0.4) is 0 Å². The number of hydrogen-bond donors (Lipinski definition) is 1. The molecule has 1 fully saturated rings. The molecule has 0 saturated carbocycles. The molecule has 15 heavy (non-hydrogen) atoms. The van der Waals surface area contributed by atoms with E-state index < -0.39 is 0 Å². The van der Waals surface area contributed by atoms with E-state index in [1.807, 2.05) is 19.1 Å². The molecule has 2 nitrogen and oxygen atoms in total. The Morgan fingerprint density at radius 2 is 2.27 bits per heavy atom. The summed E-state index contributed by atoms with van der Waals surface area (Å²) >= 11 is 0. The average Bonchev–Trinajstić information content (AvgIpc) is 2.23. The molecule has 1 aliphatic heterocycles. The highest BCUT2D eigenvalue weighted by Crippen LogP contribution is 2.23. The highest BCUT2D eigenvalue weighted by atomic mass is 19.1. The molecule has 0 spiro atoms. The molecule has 1 saturated heterocycles. The van der Waals surface area contributed by atoms with Crippen LogP contribution in [-0.4, -0.2) is 25.7 Å². The molecule has 0 aliphatic carbocycles. The summed E-state index contributed by atoms with van der Waals surface area (Å²) in [4.78, 5) is 2.14. The van der Waals surface area contributed by atoms with Crippen molar-refractivity contribution in [2.24, 2.45) is 0 Å². The van der Waals surface area contributed by atoms with Gasteiger partial charge in [0.15, 0.2) is 0 Å². The van der Waals surface area contributed by atoms with E-state index in [0.29, 0.717) is 6.04 Å². The van der Waals surface area contributed by atoms with Gasteiger partial charge < -0.3 is 10.2 Å². The van der Waals surface area contributed by atoms with Crippen LogP contribution in [0.2, 0.25) is 0 Å². The molecule has 82 valence electrons. The molecular weight excluding hydrogens is 191 g/mol. The lowest BCUT2D eigenvalue weighted by atomic mass is 10.1. The van der Waals surface area contributed by atoms with E-state index in [2.05, 4.69) is 17.1 Å². The molecule has 1 heterocycles. The first kappa shape index (κ1) is 10.4. The highest BCUT2D eigenvalue weighted by Gasteiger charge is 2.20. The minimum atomic E-state index is -0.116. The molecule has 1 atom stereocenters. The van der Waals surface area contributed by atoms with Gasteiger partial charge in [-0.05, 0) is 31.5 Å². The summed E-state index contributed by atoms with van der Waals surface area (Å²) in [6.45, 7) is 6.84. The lowest BCUT2D eigenvalue weighted by molar-refractivity contribution is 0.491. The van der Waals surface area contributed by atoms with Crippen LogP contribution in [0, 0.1) is 12.7 Å². The van der Waals surface area contributed by atoms with E-state index in [4.69, 9.17) is 0 Å².